The molecule has 6 nitrogen and oxygen atoms in total. The van der Waals surface area contributed by atoms with Gasteiger partial charge in [0.05, 0.1) is 13.4 Å². The first-order valence-corrected chi connectivity index (χ1v) is 5.72. The van der Waals surface area contributed by atoms with Gasteiger partial charge in [0.1, 0.15) is 5.82 Å². The van der Waals surface area contributed by atoms with Crippen molar-refractivity contribution in [2.24, 2.45) is 0 Å². The van der Waals surface area contributed by atoms with Crippen molar-refractivity contribution >= 4 is 11.8 Å². The smallest absolute Gasteiger partial charge is 0.360 e. The summed E-state index contributed by atoms with van der Waals surface area (Å²) in [5, 5.41) is 0. The van der Waals surface area contributed by atoms with Crippen LogP contribution in [0.1, 0.15) is 23.3 Å². The van der Waals surface area contributed by atoms with Crippen LogP contribution in [-0.2, 0) is 11.3 Å². The third kappa shape index (κ3) is 2.26. The number of methoxy groups -OCH3 is 1. The number of likely N-dealkylation sites (N-methyl/N-ethyl adjacent to an activating group) is 1. The molecule has 0 aliphatic carbocycles. The number of nitrogens with zero attached hydrogens (tertiary/aromatic N) is 3. The van der Waals surface area contributed by atoms with Crippen LogP contribution in [0.15, 0.2) is 6.33 Å². The Kier molecular flexibility index (Phi) is 3.33. The molecule has 0 amide bonds. The second kappa shape index (κ2) is 4.75. The average molecular weight is 238 g/mol. The molecule has 2 N–H and O–H groups in total. The molecule has 1 aliphatic heterocycles. The highest BCUT2D eigenvalue weighted by Crippen LogP contribution is 2.19. The van der Waals surface area contributed by atoms with Crippen LogP contribution in [0.5, 0.6) is 0 Å². The maximum absolute atomic E-state index is 11.4. The largest absolute Gasteiger partial charge is 0.464 e. The predicted molar refractivity (Wildman–Crippen MR) is 63.6 cm³/mol. The number of carbonyl (C=O) groups is 1. The minimum atomic E-state index is -0.485. The summed E-state index contributed by atoms with van der Waals surface area (Å²) in [7, 11) is 3.43. The minimum Gasteiger partial charge on any atom is -0.464 e. The van der Waals surface area contributed by atoms with Gasteiger partial charge in [0.15, 0.2) is 5.69 Å². The molecule has 0 bridgehead atoms. The Labute approximate surface area is 100 Å². The topological polar surface area (TPSA) is 73.4 Å². The highest BCUT2D eigenvalue weighted by atomic mass is 16.5. The van der Waals surface area contributed by atoms with Crippen LogP contribution in [0.25, 0.3) is 0 Å². The number of likely N-dealkylation sites (tertiary alicyclic amines) is 1. The lowest BCUT2D eigenvalue weighted by Crippen LogP contribution is -2.29. The molecule has 6 heteroatoms. The number of esters is 1. The number of hydrogen-bond acceptors (Lipinski definition) is 5. The van der Waals surface area contributed by atoms with E-state index in [0.29, 0.717) is 11.9 Å². The molecule has 2 rings (SSSR count). The van der Waals surface area contributed by atoms with Gasteiger partial charge >= 0.3 is 5.97 Å². The van der Waals surface area contributed by atoms with E-state index >= 15 is 0 Å². The fourth-order valence-electron chi connectivity index (χ4n) is 2.23. The fourth-order valence-corrected chi connectivity index (χ4v) is 2.23. The summed E-state index contributed by atoms with van der Waals surface area (Å²) in [5.74, 6) is -0.0989. The lowest BCUT2D eigenvalue weighted by molar-refractivity contribution is 0.0596. The van der Waals surface area contributed by atoms with Crippen molar-refractivity contribution in [3.63, 3.8) is 0 Å². The summed E-state index contributed by atoms with van der Waals surface area (Å²) >= 11 is 0. The Bertz CT molecular complexity index is 416. The highest BCUT2D eigenvalue weighted by Gasteiger charge is 2.23. The van der Waals surface area contributed by atoms with E-state index in [9.17, 15) is 4.79 Å². The zero-order valence-electron chi connectivity index (χ0n) is 10.2. The molecule has 1 unspecified atom stereocenters. The standard InChI is InChI=1S/C11H18N4O2/c1-14-5-3-4-8(14)6-15-7-13-9(10(15)12)11(16)17-2/h7-8H,3-6,12H2,1-2H3. The molecule has 94 valence electrons. The summed E-state index contributed by atoms with van der Waals surface area (Å²) in [4.78, 5) is 17.7. The first-order valence-electron chi connectivity index (χ1n) is 5.72. The molecule has 1 aliphatic rings. The van der Waals surface area contributed by atoms with Gasteiger partial charge < -0.3 is 19.9 Å². The maximum atomic E-state index is 11.4. The molecule has 1 saturated heterocycles. The quantitative estimate of drug-likeness (QED) is 0.769. The molecule has 1 aromatic heterocycles. The Morgan fingerprint density at radius 1 is 1.71 bits per heavy atom. The molecule has 1 aromatic rings. The molecular formula is C11H18N4O2. The highest BCUT2D eigenvalue weighted by molar-refractivity contribution is 5.92. The van der Waals surface area contributed by atoms with Crippen molar-refractivity contribution in [3.8, 4) is 0 Å². The Hall–Kier alpha value is -1.56. The van der Waals surface area contributed by atoms with Crippen LogP contribution in [-0.4, -0.2) is 47.2 Å². The van der Waals surface area contributed by atoms with Gasteiger partial charge in [-0.3, -0.25) is 0 Å². The monoisotopic (exact) mass is 238 g/mol. The third-order valence-corrected chi connectivity index (χ3v) is 3.34. The van der Waals surface area contributed by atoms with E-state index in [2.05, 4.69) is 21.7 Å². The van der Waals surface area contributed by atoms with Crippen LogP contribution >= 0.6 is 0 Å². The zero-order valence-corrected chi connectivity index (χ0v) is 10.2. The molecule has 0 aromatic carbocycles. The van der Waals surface area contributed by atoms with E-state index in [-0.39, 0.29) is 5.69 Å². The second-order valence-corrected chi connectivity index (χ2v) is 4.40. The number of nitrogen functional groups attached to an aromatic ring is 1. The van der Waals surface area contributed by atoms with Crippen LogP contribution in [0.4, 0.5) is 5.82 Å². The Morgan fingerprint density at radius 3 is 3.06 bits per heavy atom. The molecule has 1 atom stereocenters. The number of ether oxygens (including phenoxy) is 1. The zero-order chi connectivity index (χ0) is 12.4. The minimum absolute atomic E-state index is 0.202. The molecule has 0 radical (unpaired) electrons. The Balaban J connectivity index is 2.12. The van der Waals surface area contributed by atoms with Gasteiger partial charge in [0, 0.05) is 12.6 Å². The van der Waals surface area contributed by atoms with Gasteiger partial charge in [-0.25, -0.2) is 9.78 Å². The number of rotatable bonds is 3. The summed E-state index contributed by atoms with van der Waals surface area (Å²) in [6.07, 6.45) is 3.97. The third-order valence-electron chi connectivity index (χ3n) is 3.34. The van der Waals surface area contributed by atoms with Gasteiger partial charge in [-0.1, -0.05) is 0 Å². The molecule has 0 spiro atoms. The van der Waals surface area contributed by atoms with E-state index in [1.165, 1.54) is 13.5 Å². The SMILES string of the molecule is COC(=O)c1ncn(CC2CCCN2C)c1N. The molecular weight excluding hydrogens is 220 g/mol. The molecule has 0 saturated carbocycles. The summed E-state index contributed by atoms with van der Waals surface area (Å²) in [6, 6.07) is 0.469. The number of nitrogens with two attached hydrogens (primary N) is 1. The van der Waals surface area contributed by atoms with Gasteiger partial charge in [-0.05, 0) is 26.4 Å². The first-order chi connectivity index (χ1) is 8.13. The Morgan fingerprint density at radius 2 is 2.47 bits per heavy atom. The lowest BCUT2D eigenvalue weighted by atomic mass is 10.2. The summed E-state index contributed by atoms with van der Waals surface area (Å²) in [6.45, 7) is 1.88. The van der Waals surface area contributed by atoms with Crippen LogP contribution < -0.4 is 5.73 Å². The van der Waals surface area contributed by atoms with Crippen molar-refractivity contribution in [1.82, 2.24) is 14.5 Å². The van der Waals surface area contributed by atoms with Gasteiger partial charge in [0.2, 0.25) is 0 Å². The predicted octanol–water partition coefficient (Wildman–Crippen LogP) is 0.346. The van der Waals surface area contributed by atoms with E-state index in [0.717, 1.165) is 19.5 Å². The number of carbonyl (C=O) groups excluding carboxylic acids is 1. The lowest BCUT2D eigenvalue weighted by Gasteiger charge is -2.20. The maximum Gasteiger partial charge on any atom is 0.360 e. The first kappa shape index (κ1) is 11.9. The van der Waals surface area contributed by atoms with Gasteiger partial charge in [-0.15, -0.1) is 0 Å². The van der Waals surface area contributed by atoms with Crippen molar-refractivity contribution in [2.45, 2.75) is 25.4 Å². The van der Waals surface area contributed by atoms with Crippen LogP contribution in [0, 0.1) is 0 Å². The summed E-state index contributed by atoms with van der Waals surface area (Å²) < 4.78 is 6.43. The van der Waals surface area contributed by atoms with E-state index < -0.39 is 5.97 Å². The second-order valence-electron chi connectivity index (χ2n) is 4.40. The van der Waals surface area contributed by atoms with Gasteiger partial charge in [0.25, 0.3) is 0 Å². The number of hydrogen-bond donors (Lipinski definition) is 1. The van der Waals surface area contributed by atoms with E-state index in [1.807, 2.05) is 4.57 Å². The van der Waals surface area contributed by atoms with E-state index in [1.54, 1.807) is 6.33 Å². The van der Waals surface area contributed by atoms with Gasteiger partial charge in [-0.2, -0.15) is 0 Å². The average Bonchev–Trinajstić information content (AvgIpc) is 2.87. The van der Waals surface area contributed by atoms with Crippen molar-refractivity contribution in [3.05, 3.63) is 12.0 Å². The van der Waals surface area contributed by atoms with Crippen molar-refractivity contribution in [1.29, 1.82) is 0 Å². The number of anilines is 1. The van der Waals surface area contributed by atoms with Crippen LogP contribution in [0.2, 0.25) is 0 Å². The fraction of sp³-hybridized carbons (Fsp3) is 0.636. The number of aromatic nitrogens is 2. The normalized spacial score (nSPS) is 20.7. The molecule has 2 heterocycles. The van der Waals surface area contributed by atoms with Crippen molar-refractivity contribution in [2.75, 3.05) is 26.4 Å². The summed E-state index contributed by atoms with van der Waals surface area (Å²) in [5.41, 5.74) is 6.09. The van der Waals surface area contributed by atoms with Crippen LogP contribution in [0.3, 0.4) is 0 Å². The van der Waals surface area contributed by atoms with Crippen molar-refractivity contribution < 1.29 is 9.53 Å². The molecule has 17 heavy (non-hydrogen) atoms. The number of imidazole rings is 1. The molecule has 1 fully saturated rings. The van der Waals surface area contributed by atoms with E-state index in [4.69, 9.17) is 5.73 Å².